The van der Waals surface area contributed by atoms with Gasteiger partial charge in [0, 0.05) is 48.7 Å². The smallest absolute Gasteiger partial charge is 0.236 e. The van der Waals surface area contributed by atoms with E-state index in [4.69, 9.17) is 16.3 Å². The fourth-order valence-electron chi connectivity index (χ4n) is 3.75. The number of morpholine rings is 1. The summed E-state index contributed by atoms with van der Waals surface area (Å²) >= 11 is 7.54. The first-order valence-corrected chi connectivity index (χ1v) is 11.0. The fraction of sp³-hybridized carbons (Fsp3) is 0.579. The third kappa shape index (κ3) is 5.05. The number of aromatic amines is 1. The summed E-state index contributed by atoms with van der Waals surface area (Å²) in [6, 6.07) is 6.02. The number of carbonyl (C=O) groups is 1. The number of nitrogens with one attached hydrogen (secondary N) is 2. The summed E-state index contributed by atoms with van der Waals surface area (Å²) in [7, 11) is 0. The first-order chi connectivity index (χ1) is 13.7. The van der Waals surface area contributed by atoms with Gasteiger partial charge in [-0.25, -0.2) is 0 Å². The van der Waals surface area contributed by atoms with Crippen LogP contribution in [0.3, 0.4) is 0 Å². The highest BCUT2D eigenvalue weighted by Crippen LogP contribution is 2.28. The normalized spacial score (nSPS) is 19.1. The molecule has 7 nitrogen and oxygen atoms in total. The minimum Gasteiger partial charge on any atom is -0.379 e. The lowest BCUT2D eigenvalue weighted by Crippen LogP contribution is -2.46. The van der Waals surface area contributed by atoms with Gasteiger partial charge in [0.05, 0.1) is 30.6 Å². The van der Waals surface area contributed by atoms with Gasteiger partial charge in [-0.3, -0.25) is 14.8 Å². The summed E-state index contributed by atoms with van der Waals surface area (Å²) in [4.78, 5) is 17.9. The SMILES string of the molecule is O=C(CN1CCOCC1)N1CCC(c2cc(NCc3ccc(Cl)s3)n[nH]2)CC1. The van der Waals surface area contributed by atoms with E-state index in [2.05, 4.69) is 26.5 Å². The number of hydrogen-bond acceptors (Lipinski definition) is 6. The number of anilines is 1. The van der Waals surface area contributed by atoms with Gasteiger partial charge >= 0.3 is 0 Å². The lowest BCUT2D eigenvalue weighted by atomic mass is 9.93. The minimum absolute atomic E-state index is 0.238. The van der Waals surface area contributed by atoms with E-state index in [-0.39, 0.29) is 5.91 Å². The van der Waals surface area contributed by atoms with Crippen LogP contribution in [0.1, 0.15) is 29.3 Å². The molecule has 2 saturated heterocycles. The van der Waals surface area contributed by atoms with Gasteiger partial charge in [0.25, 0.3) is 0 Å². The zero-order chi connectivity index (χ0) is 19.3. The molecule has 152 valence electrons. The predicted molar refractivity (Wildman–Crippen MR) is 111 cm³/mol. The van der Waals surface area contributed by atoms with Crippen LogP contribution in [0.2, 0.25) is 4.34 Å². The Morgan fingerprint density at radius 2 is 2.07 bits per heavy atom. The first kappa shape index (κ1) is 19.7. The van der Waals surface area contributed by atoms with E-state index >= 15 is 0 Å². The Balaban J connectivity index is 1.23. The zero-order valence-corrected chi connectivity index (χ0v) is 17.4. The van der Waals surface area contributed by atoms with Gasteiger partial charge in [-0.05, 0) is 25.0 Å². The second-order valence-corrected chi connectivity index (χ2v) is 9.11. The van der Waals surface area contributed by atoms with Crippen molar-refractivity contribution >= 4 is 34.7 Å². The van der Waals surface area contributed by atoms with Crippen LogP contribution in [-0.4, -0.2) is 71.8 Å². The van der Waals surface area contributed by atoms with Crippen LogP contribution in [0.15, 0.2) is 18.2 Å². The summed E-state index contributed by atoms with van der Waals surface area (Å²) < 4.78 is 6.15. The average Bonchev–Trinajstić information content (AvgIpc) is 3.36. The van der Waals surface area contributed by atoms with Crippen LogP contribution in [0.25, 0.3) is 0 Å². The van der Waals surface area contributed by atoms with E-state index in [0.717, 1.165) is 74.6 Å². The van der Waals surface area contributed by atoms with Crippen molar-refractivity contribution in [2.45, 2.75) is 25.3 Å². The highest BCUT2D eigenvalue weighted by Gasteiger charge is 2.26. The maximum atomic E-state index is 12.5. The first-order valence-electron chi connectivity index (χ1n) is 9.78. The molecule has 0 aromatic carbocycles. The summed E-state index contributed by atoms with van der Waals surface area (Å²) in [5.74, 6) is 1.51. The molecule has 2 aliphatic heterocycles. The largest absolute Gasteiger partial charge is 0.379 e. The van der Waals surface area contributed by atoms with Crippen LogP contribution in [0.5, 0.6) is 0 Å². The number of ether oxygens (including phenoxy) is 1. The van der Waals surface area contributed by atoms with Crippen molar-refractivity contribution in [3.63, 3.8) is 0 Å². The number of H-pyrrole nitrogens is 1. The molecule has 1 amide bonds. The molecule has 0 aliphatic carbocycles. The molecule has 4 heterocycles. The molecule has 2 N–H and O–H groups in total. The van der Waals surface area contributed by atoms with Gasteiger partial charge in [0.2, 0.25) is 5.91 Å². The maximum Gasteiger partial charge on any atom is 0.236 e. The monoisotopic (exact) mass is 423 g/mol. The Kier molecular flexibility index (Phi) is 6.51. The van der Waals surface area contributed by atoms with Gasteiger partial charge < -0.3 is 15.0 Å². The highest BCUT2D eigenvalue weighted by atomic mass is 35.5. The van der Waals surface area contributed by atoms with E-state index in [1.165, 1.54) is 4.88 Å². The third-order valence-electron chi connectivity index (χ3n) is 5.42. The molecule has 4 rings (SSSR count). The number of likely N-dealkylation sites (tertiary alicyclic amines) is 1. The van der Waals surface area contributed by atoms with Gasteiger partial charge in [-0.1, -0.05) is 11.6 Å². The summed E-state index contributed by atoms with van der Waals surface area (Å²) in [5, 5.41) is 10.9. The van der Waals surface area contributed by atoms with Crippen molar-refractivity contribution in [2.75, 3.05) is 51.3 Å². The lowest BCUT2D eigenvalue weighted by Gasteiger charge is -2.34. The number of hydrogen-bond donors (Lipinski definition) is 2. The van der Waals surface area contributed by atoms with E-state index < -0.39 is 0 Å². The summed E-state index contributed by atoms with van der Waals surface area (Å²) in [6.45, 7) is 6.01. The van der Waals surface area contributed by atoms with Gasteiger partial charge in [-0.15, -0.1) is 11.3 Å². The predicted octanol–water partition coefficient (Wildman–Crippen LogP) is 2.77. The summed E-state index contributed by atoms with van der Waals surface area (Å²) in [6.07, 6.45) is 1.94. The molecule has 0 radical (unpaired) electrons. The number of halogens is 1. The molecule has 0 bridgehead atoms. The van der Waals surface area contributed by atoms with Crippen LogP contribution < -0.4 is 5.32 Å². The lowest BCUT2D eigenvalue weighted by molar-refractivity contribution is -0.134. The Morgan fingerprint density at radius 3 is 2.79 bits per heavy atom. The number of piperidine rings is 1. The minimum atomic E-state index is 0.238. The number of carbonyl (C=O) groups excluding carboxylic acids is 1. The van der Waals surface area contributed by atoms with E-state index in [1.807, 2.05) is 17.0 Å². The van der Waals surface area contributed by atoms with Crippen molar-refractivity contribution in [3.05, 3.63) is 33.1 Å². The number of rotatable bonds is 6. The molecule has 0 atom stereocenters. The van der Waals surface area contributed by atoms with E-state index in [9.17, 15) is 4.79 Å². The Labute approximate surface area is 174 Å². The van der Waals surface area contributed by atoms with Crippen LogP contribution in [0, 0.1) is 0 Å². The van der Waals surface area contributed by atoms with Crippen LogP contribution in [-0.2, 0) is 16.1 Å². The molecular formula is C19H26ClN5O2S. The van der Waals surface area contributed by atoms with Gasteiger partial charge in [-0.2, -0.15) is 5.10 Å². The number of amides is 1. The molecule has 2 aromatic heterocycles. The molecule has 28 heavy (non-hydrogen) atoms. The van der Waals surface area contributed by atoms with Crippen molar-refractivity contribution in [3.8, 4) is 0 Å². The van der Waals surface area contributed by atoms with Crippen LogP contribution >= 0.6 is 22.9 Å². The van der Waals surface area contributed by atoms with E-state index in [1.54, 1.807) is 11.3 Å². The highest BCUT2D eigenvalue weighted by molar-refractivity contribution is 7.16. The number of aromatic nitrogens is 2. The van der Waals surface area contributed by atoms with Crippen molar-refractivity contribution in [2.24, 2.45) is 0 Å². The van der Waals surface area contributed by atoms with Gasteiger partial charge in [0.1, 0.15) is 5.82 Å². The second-order valence-electron chi connectivity index (χ2n) is 7.31. The number of thiophene rings is 1. The second kappa shape index (κ2) is 9.26. The molecule has 2 aliphatic rings. The molecule has 0 spiro atoms. The van der Waals surface area contributed by atoms with Gasteiger partial charge in [0.15, 0.2) is 0 Å². The summed E-state index contributed by atoms with van der Waals surface area (Å²) in [5.41, 5.74) is 1.15. The number of nitrogens with zero attached hydrogens (tertiary/aromatic N) is 3. The average molecular weight is 424 g/mol. The Morgan fingerprint density at radius 1 is 1.29 bits per heavy atom. The Bertz CT molecular complexity index is 781. The van der Waals surface area contributed by atoms with Crippen molar-refractivity contribution in [1.29, 1.82) is 0 Å². The fourth-order valence-corrected chi connectivity index (χ4v) is 4.78. The third-order valence-corrected chi connectivity index (χ3v) is 6.65. The molecule has 0 unspecified atom stereocenters. The molecule has 0 saturated carbocycles. The molecule has 2 fully saturated rings. The molecular weight excluding hydrogens is 398 g/mol. The standard InChI is InChI=1S/C19H26ClN5O2S/c20-17-2-1-15(28-17)12-21-18-11-16(22-23-18)14-3-5-25(6-4-14)19(26)13-24-7-9-27-10-8-24/h1-2,11,14H,3-10,12-13H2,(H2,21,22,23). The van der Waals surface area contributed by atoms with Crippen LogP contribution in [0.4, 0.5) is 5.82 Å². The quantitative estimate of drug-likeness (QED) is 0.747. The topological polar surface area (TPSA) is 73.5 Å². The molecule has 2 aromatic rings. The zero-order valence-electron chi connectivity index (χ0n) is 15.8. The maximum absolute atomic E-state index is 12.5. The molecule has 9 heteroatoms. The van der Waals surface area contributed by atoms with Crippen molar-refractivity contribution < 1.29 is 9.53 Å². The Hall–Kier alpha value is -1.61. The van der Waals surface area contributed by atoms with E-state index in [0.29, 0.717) is 12.5 Å². The van der Waals surface area contributed by atoms with Crippen molar-refractivity contribution in [1.82, 2.24) is 20.0 Å².